The Morgan fingerprint density at radius 1 is 1.19 bits per heavy atom. The number of hydrogen-bond acceptors (Lipinski definition) is 2. The largest absolute Gasteiger partial charge is 0.495 e. The Balaban J connectivity index is 3.53. The molecule has 0 aliphatic rings. The normalized spacial score (nSPS) is 11.7. The summed E-state index contributed by atoms with van der Waals surface area (Å²) < 4.78 is 5.49. The highest BCUT2D eigenvalue weighted by Crippen LogP contribution is 2.39. The van der Waals surface area contributed by atoms with Gasteiger partial charge < -0.3 is 4.74 Å². The first-order valence-corrected chi connectivity index (χ1v) is 6.78. The summed E-state index contributed by atoms with van der Waals surface area (Å²) >= 11 is 1.77. The predicted molar refractivity (Wildman–Crippen MR) is 72.9 cm³/mol. The van der Waals surface area contributed by atoms with Crippen molar-refractivity contribution in [3.8, 4) is 5.75 Å². The molecule has 1 aromatic rings. The van der Waals surface area contributed by atoms with Gasteiger partial charge in [0.2, 0.25) is 0 Å². The monoisotopic (exact) mass is 238 g/mol. The highest BCUT2D eigenvalue weighted by molar-refractivity contribution is 7.98. The number of ether oxygens (including phenoxy) is 1. The minimum absolute atomic E-state index is 0.186. The SMILES string of the molecule is COc1c(C)cc(C(C)(C)C)c(C)c1SC. The Morgan fingerprint density at radius 2 is 1.75 bits per heavy atom. The molecule has 0 heterocycles. The van der Waals surface area contributed by atoms with E-state index >= 15 is 0 Å². The second-order valence-electron chi connectivity index (χ2n) is 5.18. The van der Waals surface area contributed by atoms with Gasteiger partial charge in [-0.2, -0.15) is 0 Å². The van der Waals surface area contributed by atoms with Gasteiger partial charge in [-0.3, -0.25) is 0 Å². The summed E-state index contributed by atoms with van der Waals surface area (Å²) in [6, 6.07) is 2.26. The van der Waals surface area contributed by atoms with E-state index in [0.29, 0.717) is 0 Å². The fourth-order valence-electron chi connectivity index (χ4n) is 2.14. The van der Waals surface area contributed by atoms with Crippen molar-refractivity contribution in [3.63, 3.8) is 0 Å². The fourth-order valence-corrected chi connectivity index (χ4v) is 2.99. The topological polar surface area (TPSA) is 9.23 Å². The van der Waals surface area contributed by atoms with Crippen molar-refractivity contribution in [2.24, 2.45) is 0 Å². The number of benzene rings is 1. The highest BCUT2D eigenvalue weighted by Gasteiger charge is 2.21. The van der Waals surface area contributed by atoms with Crippen molar-refractivity contribution < 1.29 is 4.74 Å². The van der Waals surface area contributed by atoms with Crippen LogP contribution in [0.5, 0.6) is 5.75 Å². The Labute approximate surface area is 104 Å². The van der Waals surface area contributed by atoms with Gasteiger partial charge >= 0.3 is 0 Å². The molecule has 0 aliphatic heterocycles. The lowest BCUT2D eigenvalue weighted by molar-refractivity contribution is 0.399. The van der Waals surface area contributed by atoms with E-state index in [9.17, 15) is 0 Å². The smallest absolute Gasteiger partial charge is 0.135 e. The van der Waals surface area contributed by atoms with Crippen molar-refractivity contribution in [1.82, 2.24) is 0 Å². The van der Waals surface area contributed by atoms with Gasteiger partial charge in [0, 0.05) is 0 Å². The van der Waals surface area contributed by atoms with Crippen molar-refractivity contribution in [3.05, 3.63) is 22.8 Å². The molecule has 0 aromatic heterocycles. The summed E-state index contributed by atoms with van der Waals surface area (Å²) in [4.78, 5) is 1.27. The third kappa shape index (κ3) is 2.37. The van der Waals surface area contributed by atoms with Crippen molar-refractivity contribution in [2.45, 2.75) is 44.9 Å². The van der Waals surface area contributed by atoms with Crippen LogP contribution in [0.1, 0.15) is 37.5 Å². The highest BCUT2D eigenvalue weighted by atomic mass is 32.2. The molecule has 0 fully saturated rings. The van der Waals surface area contributed by atoms with E-state index in [2.05, 4.69) is 46.9 Å². The van der Waals surface area contributed by atoms with E-state index in [-0.39, 0.29) is 5.41 Å². The number of methoxy groups -OCH3 is 1. The summed E-state index contributed by atoms with van der Waals surface area (Å²) in [6.07, 6.45) is 2.11. The van der Waals surface area contributed by atoms with Gasteiger partial charge in [-0.1, -0.05) is 26.8 Å². The van der Waals surface area contributed by atoms with E-state index < -0.39 is 0 Å². The molecule has 1 rings (SSSR count). The number of rotatable bonds is 2. The predicted octanol–water partition coefficient (Wildman–Crippen LogP) is 4.33. The van der Waals surface area contributed by atoms with Crippen LogP contribution in [-0.4, -0.2) is 13.4 Å². The van der Waals surface area contributed by atoms with Gasteiger partial charge in [-0.25, -0.2) is 0 Å². The van der Waals surface area contributed by atoms with Crippen LogP contribution in [-0.2, 0) is 5.41 Å². The Bertz CT molecular complexity index is 389. The van der Waals surface area contributed by atoms with Crippen LogP contribution < -0.4 is 4.74 Å². The molecule has 0 amide bonds. The van der Waals surface area contributed by atoms with Crippen LogP contribution in [0.2, 0.25) is 0 Å². The minimum atomic E-state index is 0.186. The quantitative estimate of drug-likeness (QED) is 0.709. The van der Waals surface area contributed by atoms with Crippen LogP contribution in [0.15, 0.2) is 11.0 Å². The van der Waals surface area contributed by atoms with Gasteiger partial charge in [0.05, 0.1) is 12.0 Å². The molecule has 0 atom stereocenters. The lowest BCUT2D eigenvalue weighted by Crippen LogP contribution is -2.14. The molecule has 0 N–H and O–H groups in total. The summed E-state index contributed by atoms with van der Waals surface area (Å²) in [5.74, 6) is 1.03. The van der Waals surface area contributed by atoms with E-state index in [1.165, 1.54) is 21.6 Å². The lowest BCUT2D eigenvalue weighted by atomic mass is 9.83. The molecule has 0 spiro atoms. The molecule has 1 nitrogen and oxygen atoms in total. The van der Waals surface area contributed by atoms with Crippen LogP contribution in [0.4, 0.5) is 0 Å². The maximum Gasteiger partial charge on any atom is 0.135 e. The standard InChI is InChI=1S/C14H22OS/c1-9-8-11(14(3,4)5)10(2)13(16-7)12(9)15-6/h8H,1-7H3. The van der Waals surface area contributed by atoms with E-state index in [4.69, 9.17) is 4.74 Å². The van der Waals surface area contributed by atoms with Gasteiger partial charge in [0.25, 0.3) is 0 Å². The molecule has 0 bridgehead atoms. The molecule has 0 aliphatic carbocycles. The summed E-state index contributed by atoms with van der Waals surface area (Å²) in [6.45, 7) is 11.1. The Kier molecular flexibility index (Phi) is 3.95. The molecule has 0 saturated heterocycles. The molecular formula is C14H22OS. The summed E-state index contributed by atoms with van der Waals surface area (Å²) in [5.41, 5.74) is 4.17. The third-order valence-corrected chi connectivity index (χ3v) is 3.79. The Hall–Kier alpha value is -0.630. The summed E-state index contributed by atoms with van der Waals surface area (Å²) in [5, 5.41) is 0. The van der Waals surface area contributed by atoms with Crippen LogP contribution in [0, 0.1) is 13.8 Å². The Morgan fingerprint density at radius 3 is 2.12 bits per heavy atom. The van der Waals surface area contributed by atoms with Gasteiger partial charge in [-0.05, 0) is 42.2 Å². The number of aryl methyl sites for hydroxylation is 1. The van der Waals surface area contributed by atoms with E-state index in [1.54, 1.807) is 18.9 Å². The van der Waals surface area contributed by atoms with Crippen molar-refractivity contribution >= 4 is 11.8 Å². The molecule has 1 aromatic carbocycles. The maximum absolute atomic E-state index is 5.49. The van der Waals surface area contributed by atoms with Crippen molar-refractivity contribution in [1.29, 1.82) is 0 Å². The fraction of sp³-hybridized carbons (Fsp3) is 0.571. The van der Waals surface area contributed by atoms with E-state index in [1.807, 2.05) is 0 Å². The minimum Gasteiger partial charge on any atom is -0.495 e. The molecular weight excluding hydrogens is 216 g/mol. The zero-order chi connectivity index (χ0) is 12.5. The second-order valence-corrected chi connectivity index (χ2v) is 6.00. The average molecular weight is 238 g/mol. The van der Waals surface area contributed by atoms with E-state index in [0.717, 1.165) is 5.75 Å². The molecule has 0 saturated carbocycles. The van der Waals surface area contributed by atoms with Crippen LogP contribution in [0.25, 0.3) is 0 Å². The lowest BCUT2D eigenvalue weighted by Gasteiger charge is -2.25. The van der Waals surface area contributed by atoms with Crippen LogP contribution >= 0.6 is 11.8 Å². The first-order valence-electron chi connectivity index (χ1n) is 5.55. The maximum atomic E-state index is 5.49. The zero-order valence-electron chi connectivity index (χ0n) is 11.4. The number of hydrogen-bond donors (Lipinski definition) is 0. The van der Waals surface area contributed by atoms with Gasteiger partial charge in [0.1, 0.15) is 5.75 Å². The van der Waals surface area contributed by atoms with Crippen molar-refractivity contribution in [2.75, 3.05) is 13.4 Å². The second kappa shape index (κ2) is 4.70. The molecule has 0 unspecified atom stereocenters. The first-order chi connectivity index (χ1) is 7.32. The average Bonchev–Trinajstić information content (AvgIpc) is 2.18. The van der Waals surface area contributed by atoms with Crippen LogP contribution in [0.3, 0.4) is 0 Å². The molecule has 90 valence electrons. The third-order valence-electron chi connectivity index (χ3n) is 2.89. The molecule has 16 heavy (non-hydrogen) atoms. The van der Waals surface area contributed by atoms with Gasteiger partial charge in [0.15, 0.2) is 0 Å². The molecule has 0 radical (unpaired) electrons. The number of thioether (sulfide) groups is 1. The zero-order valence-corrected chi connectivity index (χ0v) is 12.2. The first kappa shape index (κ1) is 13.4. The van der Waals surface area contributed by atoms with Gasteiger partial charge in [-0.15, -0.1) is 11.8 Å². The molecule has 2 heteroatoms. The summed E-state index contributed by atoms with van der Waals surface area (Å²) in [7, 11) is 1.75.